The summed E-state index contributed by atoms with van der Waals surface area (Å²) in [7, 11) is 1.87. The van der Waals surface area contributed by atoms with Crippen LogP contribution >= 0.6 is 11.6 Å². The first-order valence-corrected chi connectivity index (χ1v) is 8.93. The van der Waals surface area contributed by atoms with Gasteiger partial charge >= 0.3 is 0 Å². The molecule has 27 heavy (non-hydrogen) atoms. The van der Waals surface area contributed by atoms with E-state index in [2.05, 4.69) is 15.4 Å². The SMILES string of the molecule is C[C@@H](CO)Nc1cnc2c(-c3cnn(C)c3)nc(-c3ccc(Cl)cc3)cn12. The van der Waals surface area contributed by atoms with Gasteiger partial charge in [-0.25, -0.2) is 9.97 Å². The number of aliphatic hydroxyl groups excluding tert-OH is 1. The molecule has 0 aliphatic rings. The Labute approximate surface area is 161 Å². The number of hydrogen-bond donors (Lipinski definition) is 2. The molecular weight excluding hydrogens is 364 g/mol. The Morgan fingerprint density at radius 3 is 2.59 bits per heavy atom. The van der Waals surface area contributed by atoms with Gasteiger partial charge in [0.2, 0.25) is 0 Å². The molecule has 0 radical (unpaired) electrons. The monoisotopic (exact) mass is 382 g/mol. The van der Waals surface area contributed by atoms with Gasteiger partial charge in [-0.2, -0.15) is 5.10 Å². The van der Waals surface area contributed by atoms with E-state index in [0.717, 1.165) is 28.3 Å². The largest absolute Gasteiger partial charge is 0.394 e. The van der Waals surface area contributed by atoms with Gasteiger partial charge in [-0.1, -0.05) is 23.7 Å². The van der Waals surface area contributed by atoms with E-state index in [1.54, 1.807) is 17.1 Å². The predicted octanol–water partition coefficient (Wildman–Crippen LogP) is 3.24. The second-order valence-corrected chi connectivity index (χ2v) is 6.89. The fourth-order valence-corrected chi connectivity index (χ4v) is 3.02. The number of nitrogens with one attached hydrogen (secondary N) is 1. The fraction of sp³-hybridized carbons (Fsp3) is 0.211. The topological polar surface area (TPSA) is 80.3 Å². The van der Waals surface area contributed by atoms with Crippen molar-refractivity contribution >= 4 is 23.1 Å². The van der Waals surface area contributed by atoms with Gasteiger partial charge in [-0.3, -0.25) is 9.08 Å². The normalized spacial score (nSPS) is 12.4. The van der Waals surface area contributed by atoms with Crippen LogP contribution in [0.1, 0.15) is 6.92 Å². The number of fused-ring (bicyclic) bond motifs is 1. The second kappa shape index (κ2) is 7.02. The van der Waals surface area contributed by atoms with Crippen molar-refractivity contribution < 1.29 is 5.11 Å². The third kappa shape index (κ3) is 3.39. The standard InChI is InChI=1S/C19H19ClN6O/c1-12(11-27)23-17-8-21-19-18(14-7-22-25(2)9-14)24-16(10-26(17)19)13-3-5-15(20)6-4-13/h3-10,12,23,27H,11H2,1-2H3/t12-/m0/s1. The van der Waals surface area contributed by atoms with Crippen LogP contribution in [0.5, 0.6) is 0 Å². The summed E-state index contributed by atoms with van der Waals surface area (Å²) in [6.07, 6.45) is 7.35. The molecule has 0 spiro atoms. The zero-order valence-corrected chi connectivity index (χ0v) is 15.7. The molecule has 0 aliphatic heterocycles. The van der Waals surface area contributed by atoms with Crippen LogP contribution < -0.4 is 5.32 Å². The molecule has 4 aromatic rings. The van der Waals surface area contributed by atoms with Crippen molar-refractivity contribution in [2.75, 3.05) is 11.9 Å². The molecule has 0 fully saturated rings. The van der Waals surface area contributed by atoms with Crippen molar-refractivity contribution in [2.24, 2.45) is 7.05 Å². The van der Waals surface area contributed by atoms with E-state index in [1.807, 2.05) is 55.0 Å². The van der Waals surface area contributed by atoms with Crippen molar-refractivity contribution in [1.82, 2.24) is 24.1 Å². The fourth-order valence-electron chi connectivity index (χ4n) is 2.89. The lowest BCUT2D eigenvalue weighted by atomic mass is 10.1. The van der Waals surface area contributed by atoms with Crippen LogP contribution in [0.25, 0.3) is 28.2 Å². The molecule has 3 aromatic heterocycles. The first-order valence-electron chi connectivity index (χ1n) is 8.55. The Hall–Kier alpha value is -2.90. The molecular formula is C19H19ClN6O. The van der Waals surface area contributed by atoms with E-state index in [-0.39, 0.29) is 12.6 Å². The summed E-state index contributed by atoms with van der Waals surface area (Å²) in [6.45, 7) is 1.93. The third-order valence-corrected chi connectivity index (χ3v) is 4.53. The third-order valence-electron chi connectivity index (χ3n) is 4.28. The van der Waals surface area contributed by atoms with Crippen LogP contribution in [-0.2, 0) is 7.05 Å². The van der Waals surface area contributed by atoms with Gasteiger partial charge in [0.05, 0.1) is 24.7 Å². The maximum atomic E-state index is 9.37. The van der Waals surface area contributed by atoms with E-state index in [1.165, 1.54) is 0 Å². The molecule has 7 nitrogen and oxygen atoms in total. The maximum absolute atomic E-state index is 9.37. The van der Waals surface area contributed by atoms with Crippen LogP contribution in [-0.4, -0.2) is 41.9 Å². The molecule has 0 saturated heterocycles. The Morgan fingerprint density at radius 2 is 1.93 bits per heavy atom. The van der Waals surface area contributed by atoms with Gasteiger partial charge in [0.15, 0.2) is 5.65 Å². The Kier molecular flexibility index (Phi) is 4.55. The van der Waals surface area contributed by atoms with E-state index >= 15 is 0 Å². The average molecular weight is 383 g/mol. The number of aryl methyl sites for hydroxylation is 1. The average Bonchev–Trinajstić information content (AvgIpc) is 3.28. The number of benzene rings is 1. The van der Waals surface area contributed by atoms with Gasteiger partial charge in [0.1, 0.15) is 11.5 Å². The Balaban J connectivity index is 1.93. The summed E-state index contributed by atoms with van der Waals surface area (Å²) in [5, 5.41) is 17.6. The van der Waals surface area contributed by atoms with Gasteiger partial charge in [0, 0.05) is 41.6 Å². The zero-order chi connectivity index (χ0) is 19.0. The molecule has 0 aliphatic carbocycles. The van der Waals surface area contributed by atoms with E-state index in [0.29, 0.717) is 10.7 Å². The molecule has 1 atom stereocenters. The Morgan fingerprint density at radius 1 is 1.15 bits per heavy atom. The lowest BCUT2D eigenvalue weighted by Gasteiger charge is -2.13. The van der Waals surface area contributed by atoms with Crippen molar-refractivity contribution in [1.29, 1.82) is 0 Å². The van der Waals surface area contributed by atoms with Crippen molar-refractivity contribution in [2.45, 2.75) is 13.0 Å². The number of nitrogens with zero attached hydrogens (tertiary/aromatic N) is 5. The van der Waals surface area contributed by atoms with Gasteiger partial charge in [0.25, 0.3) is 0 Å². The molecule has 0 unspecified atom stereocenters. The minimum absolute atomic E-state index is 0.0256. The first-order chi connectivity index (χ1) is 13.0. The van der Waals surface area contributed by atoms with Crippen LogP contribution in [0.3, 0.4) is 0 Å². The molecule has 8 heteroatoms. The number of aliphatic hydroxyl groups is 1. The summed E-state index contributed by atoms with van der Waals surface area (Å²) in [6, 6.07) is 7.45. The van der Waals surface area contributed by atoms with E-state index in [9.17, 15) is 5.11 Å². The summed E-state index contributed by atoms with van der Waals surface area (Å²) >= 11 is 6.02. The molecule has 1 aromatic carbocycles. The number of halogens is 1. The highest BCUT2D eigenvalue weighted by Crippen LogP contribution is 2.29. The smallest absolute Gasteiger partial charge is 0.165 e. The highest BCUT2D eigenvalue weighted by atomic mass is 35.5. The van der Waals surface area contributed by atoms with Crippen molar-refractivity contribution in [3.8, 4) is 22.5 Å². The van der Waals surface area contributed by atoms with Gasteiger partial charge in [-0.05, 0) is 19.1 Å². The van der Waals surface area contributed by atoms with Gasteiger partial charge in [-0.15, -0.1) is 0 Å². The number of hydrogen-bond acceptors (Lipinski definition) is 5. The number of anilines is 1. The van der Waals surface area contributed by atoms with Crippen LogP contribution in [0.4, 0.5) is 5.82 Å². The van der Waals surface area contributed by atoms with Crippen LogP contribution in [0.15, 0.2) is 49.1 Å². The second-order valence-electron chi connectivity index (χ2n) is 6.45. The molecule has 2 N–H and O–H groups in total. The first kappa shape index (κ1) is 17.5. The highest BCUT2D eigenvalue weighted by molar-refractivity contribution is 6.30. The molecule has 0 amide bonds. The highest BCUT2D eigenvalue weighted by Gasteiger charge is 2.16. The Bertz CT molecular complexity index is 1090. The predicted molar refractivity (Wildman–Crippen MR) is 106 cm³/mol. The summed E-state index contributed by atoms with van der Waals surface area (Å²) < 4.78 is 3.68. The molecule has 3 heterocycles. The summed E-state index contributed by atoms with van der Waals surface area (Å²) in [5.74, 6) is 0.786. The maximum Gasteiger partial charge on any atom is 0.165 e. The summed E-state index contributed by atoms with van der Waals surface area (Å²) in [5.41, 5.74) is 4.07. The molecule has 4 rings (SSSR count). The van der Waals surface area contributed by atoms with Crippen molar-refractivity contribution in [3.63, 3.8) is 0 Å². The zero-order valence-electron chi connectivity index (χ0n) is 15.0. The molecule has 0 saturated carbocycles. The molecule has 0 bridgehead atoms. The number of imidazole rings is 1. The van der Waals surface area contributed by atoms with E-state index < -0.39 is 0 Å². The summed E-state index contributed by atoms with van der Waals surface area (Å²) in [4.78, 5) is 9.38. The van der Waals surface area contributed by atoms with Crippen molar-refractivity contribution in [3.05, 3.63) is 54.1 Å². The quantitative estimate of drug-likeness (QED) is 0.554. The van der Waals surface area contributed by atoms with Crippen LogP contribution in [0, 0.1) is 0 Å². The minimum Gasteiger partial charge on any atom is -0.394 e. The lowest BCUT2D eigenvalue weighted by molar-refractivity contribution is 0.281. The van der Waals surface area contributed by atoms with Crippen LogP contribution in [0.2, 0.25) is 5.02 Å². The minimum atomic E-state index is -0.0983. The van der Waals surface area contributed by atoms with Gasteiger partial charge < -0.3 is 10.4 Å². The lowest BCUT2D eigenvalue weighted by Crippen LogP contribution is -2.20. The molecule has 138 valence electrons. The number of aromatic nitrogens is 5. The van der Waals surface area contributed by atoms with E-state index in [4.69, 9.17) is 16.6 Å². The number of rotatable bonds is 5.